The molecule has 0 amide bonds. The molecule has 14 heavy (non-hydrogen) atoms. The topological polar surface area (TPSA) is 61.3 Å². The summed E-state index contributed by atoms with van der Waals surface area (Å²) >= 11 is 0. The highest BCUT2D eigenvalue weighted by molar-refractivity contribution is 5.82. The van der Waals surface area contributed by atoms with Crippen molar-refractivity contribution in [2.75, 3.05) is 0 Å². The Balaban J connectivity index is 0.00000169. The van der Waals surface area contributed by atoms with E-state index in [2.05, 4.69) is 11.3 Å². The van der Waals surface area contributed by atoms with Crippen LogP contribution in [0, 0.1) is 0 Å². The lowest BCUT2D eigenvalue weighted by Crippen LogP contribution is -1.91. The Bertz CT molecular complexity index is 317. The first-order valence-electron chi connectivity index (χ1n) is 3.87. The molecule has 3 heteroatoms. The molecule has 0 saturated carbocycles. The SMILES string of the molecule is C=CC(=O)OC=Cc1ccccc1.N. The monoisotopic (exact) mass is 191 g/mol. The zero-order valence-corrected chi connectivity index (χ0v) is 7.85. The predicted octanol–water partition coefficient (Wildman–Crippen LogP) is 2.55. The van der Waals surface area contributed by atoms with Gasteiger partial charge in [0.1, 0.15) is 0 Å². The van der Waals surface area contributed by atoms with Crippen LogP contribution < -0.4 is 6.15 Å². The van der Waals surface area contributed by atoms with Crippen molar-refractivity contribution in [2.24, 2.45) is 0 Å². The Labute approximate surface area is 83.3 Å². The summed E-state index contributed by atoms with van der Waals surface area (Å²) in [5, 5.41) is 0. The van der Waals surface area contributed by atoms with Crippen molar-refractivity contribution in [1.82, 2.24) is 6.15 Å². The Kier molecular flexibility index (Phi) is 5.74. The molecule has 0 radical (unpaired) electrons. The van der Waals surface area contributed by atoms with E-state index < -0.39 is 5.97 Å². The number of ether oxygens (including phenoxy) is 1. The molecule has 3 nitrogen and oxygen atoms in total. The summed E-state index contributed by atoms with van der Waals surface area (Å²) in [5.74, 6) is -0.452. The van der Waals surface area contributed by atoms with Crippen molar-refractivity contribution in [3.05, 3.63) is 54.8 Å². The van der Waals surface area contributed by atoms with Crippen LogP contribution in [-0.2, 0) is 9.53 Å². The first-order chi connectivity index (χ1) is 6.33. The van der Waals surface area contributed by atoms with E-state index in [0.29, 0.717) is 0 Å². The maximum atomic E-state index is 10.6. The lowest BCUT2D eigenvalue weighted by molar-refractivity contribution is -0.132. The highest BCUT2D eigenvalue weighted by Gasteiger charge is 1.88. The summed E-state index contributed by atoms with van der Waals surface area (Å²) in [5.41, 5.74) is 0.986. The van der Waals surface area contributed by atoms with Crippen LogP contribution >= 0.6 is 0 Å². The van der Waals surface area contributed by atoms with Gasteiger partial charge >= 0.3 is 5.97 Å². The van der Waals surface area contributed by atoms with E-state index in [1.807, 2.05) is 30.3 Å². The molecule has 0 aliphatic rings. The molecule has 0 saturated heterocycles. The van der Waals surface area contributed by atoms with E-state index >= 15 is 0 Å². The maximum absolute atomic E-state index is 10.6. The molecule has 1 rings (SSSR count). The van der Waals surface area contributed by atoms with Gasteiger partial charge in [0.15, 0.2) is 0 Å². The minimum absolute atomic E-state index is 0. The second-order valence-electron chi connectivity index (χ2n) is 2.35. The van der Waals surface area contributed by atoms with Gasteiger partial charge in [-0.1, -0.05) is 36.9 Å². The van der Waals surface area contributed by atoms with Crippen LogP contribution in [0.5, 0.6) is 0 Å². The van der Waals surface area contributed by atoms with Crippen LogP contribution in [0.25, 0.3) is 6.08 Å². The molecule has 0 bridgehead atoms. The van der Waals surface area contributed by atoms with Gasteiger partial charge < -0.3 is 10.9 Å². The van der Waals surface area contributed by atoms with Crippen LogP contribution in [0.3, 0.4) is 0 Å². The van der Waals surface area contributed by atoms with Crippen LogP contribution in [0.15, 0.2) is 49.2 Å². The maximum Gasteiger partial charge on any atom is 0.334 e. The third kappa shape index (κ3) is 4.23. The van der Waals surface area contributed by atoms with Gasteiger partial charge in [-0.2, -0.15) is 0 Å². The number of esters is 1. The van der Waals surface area contributed by atoms with E-state index in [1.54, 1.807) is 6.08 Å². The number of carbonyl (C=O) groups excluding carboxylic acids is 1. The van der Waals surface area contributed by atoms with E-state index in [-0.39, 0.29) is 6.15 Å². The van der Waals surface area contributed by atoms with Crippen molar-refractivity contribution in [1.29, 1.82) is 0 Å². The Hall–Kier alpha value is -1.87. The second-order valence-corrected chi connectivity index (χ2v) is 2.35. The molecular formula is C11H13NO2. The summed E-state index contributed by atoms with van der Waals surface area (Å²) in [6, 6.07) is 9.58. The molecule has 0 spiro atoms. The average Bonchev–Trinajstić information content (AvgIpc) is 2.19. The minimum atomic E-state index is -0.452. The highest BCUT2D eigenvalue weighted by Crippen LogP contribution is 2.00. The van der Waals surface area contributed by atoms with Crippen molar-refractivity contribution in [3.63, 3.8) is 0 Å². The fourth-order valence-electron chi connectivity index (χ4n) is 0.792. The van der Waals surface area contributed by atoms with E-state index in [9.17, 15) is 4.79 Å². The quantitative estimate of drug-likeness (QED) is 0.453. The third-order valence-corrected chi connectivity index (χ3v) is 1.41. The molecule has 74 valence electrons. The Morgan fingerprint density at radius 1 is 1.29 bits per heavy atom. The summed E-state index contributed by atoms with van der Waals surface area (Å²) in [6.45, 7) is 3.28. The molecule has 0 aromatic heterocycles. The van der Waals surface area contributed by atoms with Gasteiger partial charge in [-0.3, -0.25) is 0 Å². The van der Waals surface area contributed by atoms with Gasteiger partial charge in [0, 0.05) is 6.08 Å². The highest BCUT2D eigenvalue weighted by atomic mass is 16.5. The zero-order chi connectivity index (χ0) is 9.52. The molecule has 0 aliphatic heterocycles. The molecule has 1 aromatic carbocycles. The Morgan fingerprint density at radius 2 is 1.93 bits per heavy atom. The molecular weight excluding hydrogens is 178 g/mol. The molecule has 0 heterocycles. The van der Waals surface area contributed by atoms with Crippen LogP contribution in [0.2, 0.25) is 0 Å². The van der Waals surface area contributed by atoms with Crippen molar-refractivity contribution in [2.45, 2.75) is 0 Å². The van der Waals surface area contributed by atoms with Crippen LogP contribution in [-0.4, -0.2) is 5.97 Å². The van der Waals surface area contributed by atoms with Crippen molar-refractivity contribution >= 4 is 12.0 Å². The summed E-state index contributed by atoms with van der Waals surface area (Å²) in [6.07, 6.45) is 4.18. The lowest BCUT2D eigenvalue weighted by atomic mass is 10.2. The number of benzene rings is 1. The number of carbonyl (C=O) groups is 1. The van der Waals surface area contributed by atoms with Crippen LogP contribution in [0.4, 0.5) is 0 Å². The zero-order valence-electron chi connectivity index (χ0n) is 7.85. The van der Waals surface area contributed by atoms with Gasteiger partial charge in [0.05, 0.1) is 6.26 Å². The first kappa shape index (κ1) is 12.1. The van der Waals surface area contributed by atoms with Crippen molar-refractivity contribution in [3.8, 4) is 0 Å². The fourth-order valence-corrected chi connectivity index (χ4v) is 0.792. The van der Waals surface area contributed by atoms with Gasteiger partial charge in [-0.05, 0) is 11.6 Å². The number of hydrogen-bond donors (Lipinski definition) is 1. The predicted molar refractivity (Wildman–Crippen MR) is 56.8 cm³/mol. The van der Waals surface area contributed by atoms with Gasteiger partial charge in [-0.25, -0.2) is 4.79 Å². The molecule has 0 atom stereocenters. The van der Waals surface area contributed by atoms with Gasteiger partial charge in [0.25, 0.3) is 0 Å². The van der Waals surface area contributed by atoms with E-state index in [1.165, 1.54) is 6.26 Å². The molecule has 3 N–H and O–H groups in total. The van der Waals surface area contributed by atoms with Gasteiger partial charge in [0.2, 0.25) is 0 Å². The summed E-state index contributed by atoms with van der Waals surface area (Å²) < 4.78 is 4.66. The standard InChI is InChI=1S/C11H10O2.H3N/c1-2-11(12)13-9-8-10-6-4-3-5-7-10;/h2-9H,1H2;1H3. The number of hydrogen-bond acceptors (Lipinski definition) is 3. The van der Waals surface area contributed by atoms with E-state index in [0.717, 1.165) is 11.6 Å². The normalized spacial score (nSPS) is 9.14. The largest absolute Gasteiger partial charge is 0.431 e. The summed E-state index contributed by atoms with van der Waals surface area (Å²) in [4.78, 5) is 10.6. The minimum Gasteiger partial charge on any atom is -0.431 e. The van der Waals surface area contributed by atoms with Gasteiger partial charge in [-0.15, -0.1) is 0 Å². The van der Waals surface area contributed by atoms with E-state index in [4.69, 9.17) is 0 Å². The third-order valence-electron chi connectivity index (χ3n) is 1.41. The molecule has 0 aliphatic carbocycles. The first-order valence-corrected chi connectivity index (χ1v) is 3.87. The summed E-state index contributed by atoms with van der Waals surface area (Å²) in [7, 11) is 0. The fraction of sp³-hybridized carbons (Fsp3) is 0. The lowest BCUT2D eigenvalue weighted by Gasteiger charge is -1.92. The van der Waals surface area contributed by atoms with Crippen LogP contribution in [0.1, 0.15) is 5.56 Å². The van der Waals surface area contributed by atoms with Crippen molar-refractivity contribution < 1.29 is 9.53 Å². The molecule has 0 fully saturated rings. The molecule has 1 aromatic rings. The second kappa shape index (κ2) is 6.62. The number of rotatable bonds is 3. The molecule has 0 unspecified atom stereocenters. The smallest absolute Gasteiger partial charge is 0.334 e. The Morgan fingerprint density at radius 3 is 2.50 bits per heavy atom. The average molecular weight is 191 g/mol.